The maximum atomic E-state index is 5.46. The minimum absolute atomic E-state index is 0.403. The van der Waals surface area contributed by atoms with Crippen molar-refractivity contribution < 1.29 is 4.74 Å². The molecule has 0 radical (unpaired) electrons. The maximum absolute atomic E-state index is 5.46. The van der Waals surface area contributed by atoms with Gasteiger partial charge in [-0.15, -0.1) is 0 Å². The molecule has 96 valence electrons. The number of rotatable bonds is 7. The largest absolute Gasteiger partial charge is 0.380 e. The van der Waals surface area contributed by atoms with Crippen molar-refractivity contribution in [2.24, 2.45) is 0 Å². The van der Waals surface area contributed by atoms with Crippen LogP contribution in [0, 0.1) is 0 Å². The van der Waals surface area contributed by atoms with Crippen LogP contribution in [0.4, 0.5) is 0 Å². The van der Waals surface area contributed by atoms with Crippen molar-refractivity contribution in [1.82, 2.24) is 5.32 Å². The molecule has 0 saturated carbocycles. The van der Waals surface area contributed by atoms with Crippen LogP contribution in [0.5, 0.6) is 0 Å². The van der Waals surface area contributed by atoms with Gasteiger partial charge < -0.3 is 10.1 Å². The van der Waals surface area contributed by atoms with Gasteiger partial charge in [-0.3, -0.25) is 0 Å². The number of benzene rings is 1. The number of hydrogen-bond donors (Lipinski definition) is 1. The lowest BCUT2D eigenvalue weighted by molar-refractivity contribution is 0.125. The molecule has 0 spiro atoms. The van der Waals surface area contributed by atoms with Gasteiger partial charge in [0, 0.05) is 12.6 Å². The Bertz CT molecular complexity index is 305. The average Bonchev–Trinajstić information content (AvgIpc) is 2.35. The molecule has 1 aromatic rings. The lowest BCUT2D eigenvalue weighted by Crippen LogP contribution is -2.32. The van der Waals surface area contributed by atoms with E-state index in [-0.39, 0.29) is 0 Å². The van der Waals surface area contributed by atoms with E-state index in [0.717, 1.165) is 19.6 Å². The molecule has 0 aliphatic heterocycles. The highest BCUT2D eigenvalue weighted by molar-refractivity contribution is 5.25. The van der Waals surface area contributed by atoms with Crippen molar-refractivity contribution in [3.05, 3.63) is 35.4 Å². The van der Waals surface area contributed by atoms with E-state index in [0.29, 0.717) is 12.0 Å². The molecule has 2 nitrogen and oxygen atoms in total. The second kappa shape index (κ2) is 7.46. The molecule has 0 fully saturated rings. The van der Waals surface area contributed by atoms with Crippen LogP contribution < -0.4 is 5.32 Å². The Morgan fingerprint density at radius 1 is 1.18 bits per heavy atom. The Morgan fingerprint density at radius 3 is 2.29 bits per heavy atom. The summed E-state index contributed by atoms with van der Waals surface area (Å²) in [6.07, 6.45) is 1.02. The fraction of sp³-hybridized carbons (Fsp3) is 0.600. The van der Waals surface area contributed by atoms with E-state index >= 15 is 0 Å². The second-order valence-electron chi connectivity index (χ2n) is 4.75. The lowest BCUT2D eigenvalue weighted by Gasteiger charge is -2.16. The molecule has 0 saturated heterocycles. The Balaban J connectivity index is 2.54. The molecule has 17 heavy (non-hydrogen) atoms. The zero-order chi connectivity index (χ0) is 12.7. The first-order valence-electron chi connectivity index (χ1n) is 6.51. The Hall–Kier alpha value is -0.860. The van der Waals surface area contributed by atoms with Crippen LogP contribution in [-0.2, 0) is 11.2 Å². The van der Waals surface area contributed by atoms with E-state index in [2.05, 4.69) is 43.4 Å². The third-order valence-corrected chi connectivity index (χ3v) is 3.06. The Kier molecular flexibility index (Phi) is 6.23. The van der Waals surface area contributed by atoms with Gasteiger partial charge in [0.2, 0.25) is 0 Å². The molecule has 1 rings (SSSR count). The van der Waals surface area contributed by atoms with Crippen molar-refractivity contribution in [2.45, 2.75) is 39.2 Å². The van der Waals surface area contributed by atoms with Gasteiger partial charge in [0.25, 0.3) is 0 Å². The van der Waals surface area contributed by atoms with E-state index in [1.165, 1.54) is 11.1 Å². The second-order valence-corrected chi connectivity index (χ2v) is 4.75. The first-order valence-corrected chi connectivity index (χ1v) is 6.51. The molecular formula is C15H25NO. The monoisotopic (exact) mass is 235 g/mol. The number of hydrogen-bond acceptors (Lipinski definition) is 2. The van der Waals surface area contributed by atoms with Gasteiger partial charge >= 0.3 is 0 Å². The summed E-state index contributed by atoms with van der Waals surface area (Å²) in [7, 11) is 1.99. The molecular weight excluding hydrogens is 210 g/mol. The summed E-state index contributed by atoms with van der Waals surface area (Å²) in [6, 6.07) is 9.32. The van der Waals surface area contributed by atoms with E-state index in [1.54, 1.807) is 0 Å². The quantitative estimate of drug-likeness (QED) is 0.784. The van der Waals surface area contributed by atoms with Crippen LogP contribution >= 0.6 is 0 Å². The summed E-state index contributed by atoms with van der Waals surface area (Å²) in [5, 5.41) is 3.30. The van der Waals surface area contributed by atoms with Crippen molar-refractivity contribution in [2.75, 3.05) is 20.3 Å². The van der Waals surface area contributed by atoms with Crippen molar-refractivity contribution in [3.8, 4) is 0 Å². The molecule has 0 bridgehead atoms. The van der Waals surface area contributed by atoms with Gasteiger partial charge in [0.1, 0.15) is 0 Å². The molecule has 1 N–H and O–H groups in total. The molecule has 1 aromatic carbocycles. The van der Waals surface area contributed by atoms with Gasteiger partial charge in [-0.05, 0) is 37.4 Å². The highest BCUT2D eigenvalue weighted by Crippen LogP contribution is 2.15. The van der Waals surface area contributed by atoms with Crippen LogP contribution in [0.3, 0.4) is 0 Å². The third kappa shape index (κ3) is 4.88. The third-order valence-electron chi connectivity index (χ3n) is 3.06. The highest BCUT2D eigenvalue weighted by Gasteiger charge is 2.07. The van der Waals surface area contributed by atoms with E-state index in [1.807, 2.05) is 14.0 Å². The lowest BCUT2D eigenvalue weighted by atomic mass is 9.99. The highest BCUT2D eigenvalue weighted by atomic mass is 16.5. The fourth-order valence-corrected chi connectivity index (χ4v) is 1.83. The standard InChI is InChI=1S/C15H25NO/c1-5-17-11-15(16-4)10-13-6-8-14(9-7-13)12(2)3/h6-9,12,15-16H,5,10-11H2,1-4H3. The summed E-state index contributed by atoms with van der Waals surface area (Å²) in [4.78, 5) is 0. The van der Waals surface area contributed by atoms with E-state index < -0.39 is 0 Å². The first kappa shape index (κ1) is 14.2. The van der Waals surface area contributed by atoms with Crippen LogP contribution in [0.25, 0.3) is 0 Å². The molecule has 0 aliphatic carbocycles. The molecule has 1 atom stereocenters. The SMILES string of the molecule is CCOCC(Cc1ccc(C(C)C)cc1)NC. The van der Waals surface area contributed by atoms with Gasteiger partial charge in [-0.25, -0.2) is 0 Å². The molecule has 0 aromatic heterocycles. The van der Waals surface area contributed by atoms with Crippen LogP contribution in [0.1, 0.15) is 37.8 Å². The molecule has 1 unspecified atom stereocenters. The summed E-state index contributed by atoms with van der Waals surface area (Å²) in [6.45, 7) is 8.04. The predicted octanol–water partition coefficient (Wildman–Crippen LogP) is 2.98. The number of ether oxygens (including phenoxy) is 1. The first-order chi connectivity index (χ1) is 8.17. The predicted molar refractivity (Wildman–Crippen MR) is 73.6 cm³/mol. The normalized spacial score (nSPS) is 13.0. The van der Waals surface area contributed by atoms with Crippen LogP contribution in [0.15, 0.2) is 24.3 Å². The minimum atomic E-state index is 0.403. The summed E-state index contributed by atoms with van der Waals surface area (Å²) in [5.74, 6) is 0.604. The fourth-order valence-electron chi connectivity index (χ4n) is 1.83. The minimum Gasteiger partial charge on any atom is -0.380 e. The van der Waals surface area contributed by atoms with Crippen molar-refractivity contribution in [1.29, 1.82) is 0 Å². The Morgan fingerprint density at radius 2 is 1.82 bits per heavy atom. The van der Waals surface area contributed by atoms with E-state index in [4.69, 9.17) is 4.74 Å². The van der Waals surface area contributed by atoms with Gasteiger partial charge in [-0.2, -0.15) is 0 Å². The smallest absolute Gasteiger partial charge is 0.0622 e. The summed E-state index contributed by atoms with van der Waals surface area (Å²) < 4.78 is 5.46. The number of likely N-dealkylation sites (N-methyl/N-ethyl adjacent to an activating group) is 1. The van der Waals surface area contributed by atoms with Gasteiger partial charge in [-0.1, -0.05) is 38.1 Å². The molecule has 0 heterocycles. The molecule has 2 heteroatoms. The Labute approximate surface area is 105 Å². The topological polar surface area (TPSA) is 21.3 Å². The average molecular weight is 235 g/mol. The molecule has 0 aliphatic rings. The summed E-state index contributed by atoms with van der Waals surface area (Å²) in [5.41, 5.74) is 2.77. The summed E-state index contributed by atoms with van der Waals surface area (Å²) >= 11 is 0. The van der Waals surface area contributed by atoms with Gasteiger partial charge in [0.05, 0.1) is 6.61 Å². The van der Waals surface area contributed by atoms with Crippen molar-refractivity contribution in [3.63, 3.8) is 0 Å². The zero-order valence-corrected chi connectivity index (χ0v) is 11.5. The van der Waals surface area contributed by atoms with Crippen LogP contribution in [-0.4, -0.2) is 26.3 Å². The zero-order valence-electron chi connectivity index (χ0n) is 11.5. The van der Waals surface area contributed by atoms with Gasteiger partial charge in [0.15, 0.2) is 0 Å². The van der Waals surface area contributed by atoms with Crippen LogP contribution in [0.2, 0.25) is 0 Å². The maximum Gasteiger partial charge on any atom is 0.0622 e. The van der Waals surface area contributed by atoms with Crippen molar-refractivity contribution >= 4 is 0 Å². The van der Waals surface area contributed by atoms with E-state index in [9.17, 15) is 0 Å². The number of nitrogens with one attached hydrogen (secondary N) is 1. The molecule has 0 amide bonds.